The Morgan fingerprint density at radius 3 is 2.38 bits per heavy atom. The SMILES string of the molecule is CCCCC(N)C(CN)c1ccc(F)cc1. The van der Waals surface area contributed by atoms with E-state index in [-0.39, 0.29) is 17.8 Å². The normalized spacial score (nSPS) is 14.8. The molecule has 0 saturated heterocycles. The maximum absolute atomic E-state index is 12.8. The summed E-state index contributed by atoms with van der Waals surface area (Å²) in [6, 6.07) is 6.54. The van der Waals surface area contributed by atoms with Gasteiger partial charge in [0.05, 0.1) is 0 Å². The summed E-state index contributed by atoms with van der Waals surface area (Å²) in [7, 11) is 0. The standard InChI is InChI=1S/C13H21FN2/c1-2-3-4-13(16)12(9-15)10-5-7-11(14)8-6-10/h5-8,12-13H,2-4,9,15-16H2,1H3. The van der Waals surface area contributed by atoms with Crippen molar-refractivity contribution in [1.29, 1.82) is 0 Å². The van der Waals surface area contributed by atoms with Gasteiger partial charge in [0.15, 0.2) is 0 Å². The lowest BCUT2D eigenvalue weighted by Crippen LogP contribution is -2.33. The predicted molar refractivity (Wildman–Crippen MR) is 65.7 cm³/mol. The van der Waals surface area contributed by atoms with Crippen molar-refractivity contribution >= 4 is 0 Å². The van der Waals surface area contributed by atoms with Gasteiger partial charge in [-0.2, -0.15) is 0 Å². The summed E-state index contributed by atoms with van der Waals surface area (Å²) in [6.45, 7) is 2.65. The van der Waals surface area contributed by atoms with Crippen molar-refractivity contribution in [3.8, 4) is 0 Å². The third kappa shape index (κ3) is 3.58. The molecule has 1 aromatic carbocycles. The second-order valence-electron chi connectivity index (χ2n) is 4.20. The third-order valence-electron chi connectivity index (χ3n) is 2.96. The van der Waals surface area contributed by atoms with Gasteiger partial charge in [0.2, 0.25) is 0 Å². The summed E-state index contributed by atoms with van der Waals surface area (Å²) in [5.74, 6) is -0.0891. The quantitative estimate of drug-likeness (QED) is 0.779. The minimum Gasteiger partial charge on any atom is -0.330 e. The topological polar surface area (TPSA) is 52.0 Å². The molecule has 0 saturated carbocycles. The zero-order chi connectivity index (χ0) is 12.0. The van der Waals surface area contributed by atoms with Crippen LogP contribution < -0.4 is 11.5 Å². The van der Waals surface area contributed by atoms with Crippen LogP contribution in [-0.2, 0) is 0 Å². The van der Waals surface area contributed by atoms with E-state index in [0.717, 1.165) is 24.8 Å². The lowest BCUT2D eigenvalue weighted by Gasteiger charge is -2.22. The Morgan fingerprint density at radius 2 is 1.88 bits per heavy atom. The van der Waals surface area contributed by atoms with E-state index in [1.807, 2.05) is 0 Å². The highest BCUT2D eigenvalue weighted by Crippen LogP contribution is 2.21. The monoisotopic (exact) mass is 224 g/mol. The first-order valence-electron chi connectivity index (χ1n) is 5.90. The van der Waals surface area contributed by atoms with E-state index in [1.165, 1.54) is 12.1 Å². The summed E-state index contributed by atoms with van der Waals surface area (Å²) in [5, 5.41) is 0. The summed E-state index contributed by atoms with van der Waals surface area (Å²) < 4.78 is 12.8. The van der Waals surface area contributed by atoms with Crippen molar-refractivity contribution in [1.82, 2.24) is 0 Å². The average Bonchev–Trinajstić information content (AvgIpc) is 2.30. The fourth-order valence-electron chi connectivity index (χ4n) is 1.91. The molecular weight excluding hydrogens is 203 g/mol. The molecule has 0 heterocycles. The molecule has 4 N–H and O–H groups in total. The molecule has 0 bridgehead atoms. The number of hydrogen-bond acceptors (Lipinski definition) is 2. The Hall–Kier alpha value is -0.930. The first kappa shape index (κ1) is 13.1. The highest BCUT2D eigenvalue weighted by molar-refractivity contribution is 5.22. The number of rotatable bonds is 6. The number of halogens is 1. The van der Waals surface area contributed by atoms with Gasteiger partial charge in [-0.25, -0.2) is 4.39 Å². The van der Waals surface area contributed by atoms with E-state index < -0.39 is 0 Å². The molecule has 0 aliphatic carbocycles. The van der Waals surface area contributed by atoms with Crippen molar-refractivity contribution in [3.05, 3.63) is 35.6 Å². The van der Waals surface area contributed by atoms with Crippen molar-refractivity contribution in [2.75, 3.05) is 6.54 Å². The number of benzene rings is 1. The van der Waals surface area contributed by atoms with Crippen molar-refractivity contribution in [2.24, 2.45) is 11.5 Å². The summed E-state index contributed by atoms with van der Waals surface area (Å²) in [6.07, 6.45) is 3.21. The molecule has 0 fully saturated rings. The van der Waals surface area contributed by atoms with Gasteiger partial charge < -0.3 is 11.5 Å². The van der Waals surface area contributed by atoms with Gasteiger partial charge in [-0.3, -0.25) is 0 Å². The van der Waals surface area contributed by atoms with Crippen molar-refractivity contribution in [2.45, 2.75) is 38.1 Å². The molecule has 2 unspecified atom stereocenters. The number of unbranched alkanes of at least 4 members (excludes halogenated alkanes) is 1. The van der Waals surface area contributed by atoms with E-state index in [1.54, 1.807) is 12.1 Å². The smallest absolute Gasteiger partial charge is 0.123 e. The third-order valence-corrected chi connectivity index (χ3v) is 2.96. The van der Waals surface area contributed by atoms with Gasteiger partial charge >= 0.3 is 0 Å². The average molecular weight is 224 g/mol. The Balaban J connectivity index is 2.69. The summed E-state index contributed by atoms with van der Waals surface area (Å²) >= 11 is 0. The van der Waals surface area contributed by atoms with Gasteiger partial charge in [0.1, 0.15) is 5.82 Å². The second-order valence-corrected chi connectivity index (χ2v) is 4.20. The lowest BCUT2D eigenvalue weighted by atomic mass is 9.89. The van der Waals surface area contributed by atoms with Crippen LogP contribution in [-0.4, -0.2) is 12.6 Å². The van der Waals surface area contributed by atoms with Gasteiger partial charge in [0, 0.05) is 18.5 Å². The first-order chi connectivity index (χ1) is 7.69. The van der Waals surface area contributed by atoms with E-state index in [2.05, 4.69) is 6.92 Å². The molecule has 1 aromatic rings. The molecule has 16 heavy (non-hydrogen) atoms. The summed E-state index contributed by atoms with van der Waals surface area (Å²) in [4.78, 5) is 0. The molecule has 3 heteroatoms. The minimum absolute atomic E-state index is 0.0652. The van der Waals surface area contributed by atoms with Crippen LogP contribution in [0.15, 0.2) is 24.3 Å². The molecule has 0 spiro atoms. The molecule has 1 rings (SSSR count). The first-order valence-corrected chi connectivity index (χ1v) is 5.90. The molecule has 0 radical (unpaired) electrons. The van der Waals surface area contributed by atoms with Crippen LogP contribution in [0.25, 0.3) is 0 Å². The van der Waals surface area contributed by atoms with Crippen LogP contribution in [0.2, 0.25) is 0 Å². The number of nitrogens with two attached hydrogens (primary N) is 2. The van der Waals surface area contributed by atoms with Crippen LogP contribution in [0.4, 0.5) is 4.39 Å². The minimum atomic E-state index is -0.221. The zero-order valence-electron chi connectivity index (χ0n) is 9.83. The molecule has 2 atom stereocenters. The van der Waals surface area contributed by atoms with Crippen LogP contribution >= 0.6 is 0 Å². The molecular formula is C13H21FN2. The molecule has 0 amide bonds. The Labute approximate surface area is 96.8 Å². The maximum atomic E-state index is 12.8. The van der Waals surface area contributed by atoms with Gasteiger partial charge in [-0.1, -0.05) is 31.9 Å². The van der Waals surface area contributed by atoms with Gasteiger partial charge in [-0.15, -0.1) is 0 Å². The molecule has 0 aliphatic rings. The molecule has 0 aromatic heterocycles. The molecule has 90 valence electrons. The van der Waals surface area contributed by atoms with E-state index in [0.29, 0.717) is 6.54 Å². The van der Waals surface area contributed by atoms with E-state index in [9.17, 15) is 4.39 Å². The van der Waals surface area contributed by atoms with Crippen LogP contribution in [0.3, 0.4) is 0 Å². The maximum Gasteiger partial charge on any atom is 0.123 e. The Bertz CT molecular complexity index is 297. The van der Waals surface area contributed by atoms with E-state index >= 15 is 0 Å². The van der Waals surface area contributed by atoms with Crippen molar-refractivity contribution < 1.29 is 4.39 Å². The largest absolute Gasteiger partial charge is 0.330 e. The van der Waals surface area contributed by atoms with Gasteiger partial charge in [0.25, 0.3) is 0 Å². The fraction of sp³-hybridized carbons (Fsp3) is 0.538. The van der Waals surface area contributed by atoms with Crippen molar-refractivity contribution in [3.63, 3.8) is 0 Å². The summed E-state index contributed by atoms with van der Waals surface area (Å²) in [5.41, 5.74) is 12.9. The number of hydrogen-bond donors (Lipinski definition) is 2. The van der Waals surface area contributed by atoms with E-state index in [4.69, 9.17) is 11.5 Å². The predicted octanol–water partition coefficient (Wildman–Crippen LogP) is 2.39. The molecule has 0 aliphatic heterocycles. The van der Waals surface area contributed by atoms with Crippen LogP contribution in [0.1, 0.15) is 37.7 Å². The Morgan fingerprint density at radius 1 is 1.25 bits per heavy atom. The van der Waals surface area contributed by atoms with Crippen LogP contribution in [0.5, 0.6) is 0 Å². The highest BCUT2D eigenvalue weighted by Gasteiger charge is 2.17. The fourth-order valence-corrected chi connectivity index (χ4v) is 1.91. The van der Waals surface area contributed by atoms with Crippen LogP contribution in [0, 0.1) is 5.82 Å². The zero-order valence-corrected chi connectivity index (χ0v) is 9.83. The van der Waals surface area contributed by atoms with Gasteiger partial charge in [-0.05, 0) is 24.1 Å². The highest BCUT2D eigenvalue weighted by atomic mass is 19.1. The Kier molecular flexibility index (Phi) is 5.43. The lowest BCUT2D eigenvalue weighted by molar-refractivity contribution is 0.487. The molecule has 2 nitrogen and oxygen atoms in total. The second kappa shape index (κ2) is 6.61.